The van der Waals surface area contributed by atoms with Gasteiger partial charge in [-0.25, -0.2) is 0 Å². The zero-order chi connectivity index (χ0) is 12.3. The molecule has 0 N–H and O–H groups in total. The number of hydrogen-bond donors (Lipinski definition) is 0. The second kappa shape index (κ2) is 10.2. The van der Waals surface area contributed by atoms with Gasteiger partial charge in [-0.2, -0.15) is 5.26 Å². The molecule has 0 radical (unpaired) electrons. The van der Waals surface area contributed by atoms with Crippen LogP contribution in [0.3, 0.4) is 0 Å². The Hall–Kier alpha value is 0.0169. The summed E-state index contributed by atoms with van der Waals surface area (Å²) in [6, 6.07) is 1.29. The summed E-state index contributed by atoms with van der Waals surface area (Å²) in [7, 11) is -1.33. The van der Waals surface area contributed by atoms with Gasteiger partial charge in [0.05, 0.1) is 0 Å². The van der Waals surface area contributed by atoms with Crippen molar-refractivity contribution < 1.29 is 4.43 Å². The van der Waals surface area contributed by atoms with Crippen molar-refractivity contribution in [1.82, 2.24) is 0 Å². The van der Waals surface area contributed by atoms with Crippen molar-refractivity contribution in [1.29, 1.82) is 5.26 Å². The standard InChI is InChI=1S/C12H25NOSSi/c1-4-14-16(2,3)11-9-7-5-6-8-10-15-12-13/h4-11H2,1-3H3. The third kappa shape index (κ3) is 10.5. The summed E-state index contributed by atoms with van der Waals surface area (Å²) in [5, 5.41) is 10.5. The molecule has 0 aromatic rings. The molecule has 0 fully saturated rings. The van der Waals surface area contributed by atoms with E-state index in [0.29, 0.717) is 0 Å². The van der Waals surface area contributed by atoms with Gasteiger partial charge in [0, 0.05) is 12.4 Å². The van der Waals surface area contributed by atoms with Crippen LogP contribution in [0.2, 0.25) is 19.1 Å². The minimum atomic E-state index is -1.33. The van der Waals surface area contributed by atoms with Gasteiger partial charge in [0.15, 0.2) is 8.32 Å². The highest BCUT2D eigenvalue weighted by atomic mass is 32.2. The molecule has 0 aromatic heterocycles. The molecule has 0 unspecified atom stereocenters. The fourth-order valence-electron chi connectivity index (χ4n) is 1.76. The van der Waals surface area contributed by atoms with E-state index >= 15 is 0 Å². The van der Waals surface area contributed by atoms with Crippen LogP contribution in [0.1, 0.15) is 39.0 Å². The first-order valence-electron chi connectivity index (χ1n) is 6.27. The summed E-state index contributed by atoms with van der Waals surface area (Å²) in [6.45, 7) is 7.56. The first kappa shape index (κ1) is 16.0. The van der Waals surface area contributed by atoms with Gasteiger partial charge in [0.2, 0.25) is 0 Å². The minimum absolute atomic E-state index is 0.866. The topological polar surface area (TPSA) is 33.0 Å². The Balaban J connectivity index is 3.24. The maximum absolute atomic E-state index is 8.35. The highest BCUT2D eigenvalue weighted by Crippen LogP contribution is 2.17. The van der Waals surface area contributed by atoms with E-state index in [1.165, 1.54) is 49.9 Å². The highest BCUT2D eigenvalue weighted by Gasteiger charge is 2.20. The first-order chi connectivity index (χ1) is 7.62. The molecular weight excluding hydrogens is 234 g/mol. The lowest BCUT2D eigenvalue weighted by Gasteiger charge is -2.21. The maximum atomic E-state index is 8.35. The normalized spacial score (nSPS) is 11.4. The summed E-state index contributed by atoms with van der Waals surface area (Å²) in [6.07, 6.45) is 6.39. The van der Waals surface area contributed by atoms with Crippen LogP contribution in [-0.4, -0.2) is 20.7 Å². The lowest BCUT2D eigenvalue weighted by atomic mass is 10.2. The molecule has 94 valence electrons. The van der Waals surface area contributed by atoms with Gasteiger partial charge in [-0.15, -0.1) is 0 Å². The molecule has 0 aliphatic carbocycles. The predicted octanol–water partition coefficient (Wildman–Crippen LogP) is 4.39. The smallest absolute Gasteiger partial charge is 0.186 e. The van der Waals surface area contributed by atoms with Gasteiger partial charge in [-0.1, -0.05) is 25.7 Å². The molecular formula is C12H25NOSSi. The maximum Gasteiger partial charge on any atom is 0.186 e. The SMILES string of the molecule is CCO[Si](C)(C)CCCCCCCSC#N. The van der Waals surface area contributed by atoms with Crippen molar-refractivity contribution in [3.8, 4) is 5.40 Å². The zero-order valence-electron chi connectivity index (χ0n) is 10.9. The average Bonchev–Trinajstić information content (AvgIpc) is 2.22. The molecule has 0 rings (SSSR count). The molecule has 0 saturated heterocycles. The quantitative estimate of drug-likeness (QED) is 0.331. The monoisotopic (exact) mass is 259 g/mol. The van der Waals surface area contributed by atoms with E-state index in [9.17, 15) is 0 Å². The van der Waals surface area contributed by atoms with Gasteiger partial charge in [0.25, 0.3) is 0 Å². The third-order valence-electron chi connectivity index (χ3n) is 2.62. The number of nitriles is 1. The number of rotatable bonds is 10. The van der Waals surface area contributed by atoms with Crippen LogP contribution in [0.25, 0.3) is 0 Å². The van der Waals surface area contributed by atoms with E-state index in [1.54, 1.807) is 0 Å². The van der Waals surface area contributed by atoms with E-state index in [2.05, 4.69) is 25.4 Å². The molecule has 0 aromatic carbocycles. The molecule has 0 heterocycles. The van der Waals surface area contributed by atoms with Crippen LogP contribution in [0.5, 0.6) is 0 Å². The van der Waals surface area contributed by atoms with Crippen LogP contribution in [-0.2, 0) is 4.43 Å². The van der Waals surface area contributed by atoms with Gasteiger partial charge in [0.1, 0.15) is 5.40 Å². The van der Waals surface area contributed by atoms with Crippen LogP contribution < -0.4 is 0 Å². The molecule has 0 saturated carbocycles. The van der Waals surface area contributed by atoms with Crippen LogP contribution in [0, 0.1) is 10.7 Å². The highest BCUT2D eigenvalue weighted by molar-refractivity contribution is 8.03. The number of thiocyanates is 1. The third-order valence-corrected chi connectivity index (χ3v) is 5.87. The summed E-state index contributed by atoms with van der Waals surface area (Å²) in [4.78, 5) is 0. The van der Waals surface area contributed by atoms with Crippen molar-refractivity contribution in [2.24, 2.45) is 0 Å². The van der Waals surface area contributed by atoms with Crippen molar-refractivity contribution in [2.75, 3.05) is 12.4 Å². The molecule has 0 atom stereocenters. The van der Waals surface area contributed by atoms with Crippen LogP contribution >= 0.6 is 11.8 Å². The van der Waals surface area contributed by atoms with Crippen LogP contribution in [0.15, 0.2) is 0 Å². The van der Waals surface area contributed by atoms with Gasteiger partial charge in [-0.05, 0) is 44.2 Å². The molecule has 4 heteroatoms. The minimum Gasteiger partial charge on any atom is -0.418 e. The van der Waals surface area contributed by atoms with Crippen molar-refractivity contribution >= 4 is 20.1 Å². The summed E-state index contributed by atoms with van der Waals surface area (Å²) in [5.74, 6) is 0.996. The van der Waals surface area contributed by atoms with E-state index in [0.717, 1.165) is 12.4 Å². The van der Waals surface area contributed by atoms with Crippen molar-refractivity contribution in [3.05, 3.63) is 0 Å². The fraction of sp³-hybridized carbons (Fsp3) is 0.917. The molecule has 0 aliphatic rings. The fourth-order valence-corrected chi connectivity index (χ4v) is 4.23. The Bertz CT molecular complexity index is 204. The largest absolute Gasteiger partial charge is 0.418 e. The number of hydrogen-bond acceptors (Lipinski definition) is 3. The number of thioether (sulfide) groups is 1. The lowest BCUT2D eigenvalue weighted by Crippen LogP contribution is -2.29. The van der Waals surface area contributed by atoms with E-state index in [-0.39, 0.29) is 0 Å². The lowest BCUT2D eigenvalue weighted by molar-refractivity contribution is 0.327. The second-order valence-electron chi connectivity index (χ2n) is 4.65. The van der Waals surface area contributed by atoms with Gasteiger partial charge in [-0.3, -0.25) is 0 Å². The molecule has 0 spiro atoms. The number of unbranched alkanes of at least 4 members (excludes halogenated alkanes) is 4. The number of nitrogens with zero attached hydrogens (tertiary/aromatic N) is 1. The first-order valence-corrected chi connectivity index (χ1v) is 10.4. The van der Waals surface area contributed by atoms with E-state index in [1.807, 2.05) is 0 Å². The van der Waals surface area contributed by atoms with Gasteiger partial charge >= 0.3 is 0 Å². The van der Waals surface area contributed by atoms with E-state index < -0.39 is 8.32 Å². The Labute approximate surface area is 106 Å². The van der Waals surface area contributed by atoms with Crippen molar-refractivity contribution in [3.63, 3.8) is 0 Å². The zero-order valence-corrected chi connectivity index (χ0v) is 12.7. The summed E-state index contributed by atoms with van der Waals surface area (Å²) in [5.41, 5.74) is 0. The Morgan fingerprint density at radius 3 is 2.38 bits per heavy atom. The molecule has 0 bridgehead atoms. The second-order valence-corrected chi connectivity index (χ2v) is 9.84. The Morgan fingerprint density at radius 1 is 1.12 bits per heavy atom. The Morgan fingerprint density at radius 2 is 1.75 bits per heavy atom. The average molecular weight is 259 g/mol. The van der Waals surface area contributed by atoms with Gasteiger partial charge < -0.3 is 4.43 Å². The summed E-state index contributed by atoms with van der Waals surface area (Å²) >= 11 is 1.38. The summed E-state index contributed by atoms with van der Waals surface area (Å²) < 4.78 is 5.79. The van der Waals surface area contributed by atoms with Crippen molar-refractivity contribution in [2.45, 2.75) is 58.2 Å². The molecule has 0 amide bonds. The predicted molar refractivity (Wildman–Crippen MR) is 75.1 cm³/mol. The molecule has 0 aliphatic heterocycles. The Kier molecular flexibility index (Phi) is 10.2. The van der Waals surface area contributed by atoms with E-state index in [4.69, 9.17) is 9.69 Å². The molecule has 16 heavy (non-hydrogen) atoms. The molecule has 2 nitrogen and oxygen atoms in total. The van der Waals surface area contributed by atoms with Crippen LogP contribution in [0.4, 0.5) is 0 Å².